The lowest BCUT2D eigenvalue weighted by molar-refractivity contribution is -0.157. The third kappa shape index (κ3) is 2.44. The number of anilines is 1. The number of likely N-dealkylation sites (N-methyl/N-ethyl adjacent to an activating group) is 1. The van der Waals surface area contributed by atoms with Crippen molar-refractivity contribution in [3.63, 3.8) is 0 Å². The van der Waals surface area contributed by atoms with Crippen molar-refractivity contribution in [3.05, 3.63) is 29.8 Å². The Labute approximate surface area is 128 Å². The van der Waals surface area contributed by atoms with Gasteiger partial charge in [0.2, 0.25) is 5.66 Å². The number of nitrogens with one attached hydrogen (secondary N) is 1. The van der Waals surface area contributed by atoms with E-state index in [-0.39, 0.29) is 6.42 Å². The number of methoxy groups -OCH3 is 2. The van der Waals surface area contributed by atoms with Gasteiger partial charge in [0.05, 0.1) is 20.6 Å². The molecule has 7 heteroatoms. The predicted molar refractivity (Wildman–Crippen MR) is 80.9 cm³/mol. The van der Waals surface area contributed by atoms with E-state index < -0.39 is 17.6 Å². The summed E-state index contributed by atoms with van der Waals surface area (Å²) in [6.07, 6.45) is -0.221. The lowest BCUT2D eigenvalue weighted by Gasteiger charge is -2.45. The third-order valence-corrected chi connectivity index (χ3v) is 4.02. The molecule has 112 valence electrons. The molecule has 0 aromatic heterocycles. The first-order chi connectivity index (χ1) is 9.96. The van der Waals surface area contributed by atoms with E-state index in [1.165, 1.54) is 19.1 Å². The van der Waals surface area contributed by atoms with Crippen LogP contribution in [0.2, 0.25) is 0 Å². The largest absolute Gasteiger partial charge is 0.469 e. The van der Waals surface area contributed by atoms with Crippen LogP contribution in [0.5, 0.6) is 0 Å². The maximum atomic E-state index is 12.3. The number of fused-ring (bicyclic) bond motifs is 1. The zero-order valence-electron chi connectivity index (χ0n) is 12.0. The van der Waals surface area contributed by atoms with Gasteiger partial charge >= 0.3 is 11.9 Å². The van der Waals surface area contributed by atoms with Gasteiger partial charge in [0.25, 0.3) is 0 Å². The van der Waals surface area contributed by atoms with Crippen LogP contribution >= 0.6 is 12.2 Å². The summed E-state index contributed by atoms with van der Waals surface area (Å²) in [5.74, 6) is -1.14. The van der Waals surface area contributed by atoms with Crippen molar-refractivity contribution >= 4 is 34.8 Å². The Morgan fingerprint density at radius 3 is 2.57 bits per heavy atom. The van der Waals surface area contributed by atoms with Gasteiger partial charge in [0, 0.05) is 18.3 Å². The van der Waals surface area contributed by atoms with E-state index >= 15 is 0 Å². The van der Waals surface area contributed by atoms with E-state index in [1.807, 2.05) is 18.2 Å². The molecule has 1 heterocycles. The van der Waals surface area contributed by atoms with Crippen LogP contribution in [0.1, 0.15) is 12.0 Å². The minimum atomic E-state index is -1.41. The highest BCUT2D eigenvalue weighted by Crippen LogP contribution is 2.33. The highest BCUT2D eigenvalue weighted by atomic mass is 32.1. The fraction of sp³-hybridized carbons (Fsp3) is 0.357. The maximum absolute atomic E-state index is 12.3. The van der Waals surface area contributed by atoms with Crippen molar-refractivity contribution in [3.8, 4) is 0 Å². The fourth-order valence-corrected chi connectivity index (χ4v) is 2.65. The summed E-state index contributed by atoms with van der Waals surface area (Å²) in [4.78, 5) is 26.0. The monoisotopic (exact) mass is 308 g/mol. The SMILES string of the molecule is COC(=O)CC1(C(=O)OC)Nc2ccccc2C(=S)N1C. The molecule has 1 atom stereocenters. The highest BCUT2D eigenvalue weighted by Gasteiger charge is 2.50. The Kier molecular flexibility index (Phi) is 4.13. The first kappa shape index (κ1) is 15.2. The Hall–Kier alpha value is -2.15. The van der Waals surface area contributed by atoms with Crippen LogP contribution in [0.4, 0.5) is 5.69 Å². The zero-order valence-corrected chi connectivity index (χ0v) is 12.8. The summed E-state index contributed by atoms with van der Waals surface area (Å²) < 4.78 is 9.55. The van der Waals surface area contributed by atoms with Crippen molar-refractivity contribution in [2.45, 2.75) is 12.1 Å². The lowest BCUT2D eigenvalue weighted by Crippen LogP contribution is -2.64. The predicted octanol–water partition coefficient (Wildman–Crippen LogP) is 1.15. The van der Waals surface area contributed by atoms with Crippen LogP contribution in [0.3, 0.4) is 0 Å². The van der Waals surface area contributed by atoms with Gasteiger partial charge in [-0.25, -0.2) is 4.79 Å². The van der Waals surface area contributed by atoms with E-state index in [1.54, 1.807) is 13.1 Å². The molecule has 0 bridgehead atoms. The highest BCUT2D eigenvalue weighted by molar-refractivity contribution is 7.80. The Morgan fingerprint density at radius 2 is 1.95 bits per heavy atom. The molecule has 1 N–H and O–H groups in total. The number of nitrogens with zero attached hydrogens (tertiary/aromatic N) is 1. The molecule has 0 saturated carbocycles. The second kappa shape index (κ2) is 5.69. The Morgan fingerprint density at radius 1 is 1.29 bits per heavy atom. The van der Waals surface area contributed by atoms with E-state index in [0.29, 0.717) is 10.7 Å². The molecule has 0 radical (unpaired) electrons. The van der Waals surface area contributed by atoms with Crippen molar-refractivity contribution in [2.75, 3.05) is 26.6 Å². The number of esters is 2. The molecule has 1 unspecified atom stereocenters. The molecule has 0 fully saturated rings. The number of carbonyl (C=O) groups excluding carboxylic acids is 2. The van der Waals surface area contributed by atoms with Crippen molar-refractivity contribution in [2.24, 2.45) is 0 Å². The molecular weight excluding hydrogens is 292 g/mol. The minimum Gasteiger partial charge on any atom is -0.469 e. The van der Waals surface area contributed by atoms with Gasteiger partial charge in [-0.05, 0) is 12.1 Å². The van der Waals surface area contributed by atoms with Gasteiger partial charge in [-0.1, -0.05) is 24.4 Å². The number of hydrogen-bond donors (Lipinski definition) is 1. The van der Waals surface area contributed by atoms with E-state index in [0.717, 1.165) is 5.56 Å². The number of rotatable bonds is 3. The first-order valence-corrected chi connectivity index (χ1v) is 6.67. The summed E-state index contributed by atoms with van der Waals surface area (Å²) in [6, 6.07) is 7.32. The molecule has 1 aromatic carbocycles. The molecule has 0 spiro atoms. The van der Waals surface area contributed by atoms with E-state index in [9.17, 15) is 9.59 Å². The summed E-state index contributed by atoms with van der Waals surface area (Å²) in [7, 11) is 4.17. The smallest absolute Gasteiger partial charge is 0.353 e. The third-order valence-electron chi connectivity index (χ3n) is 3.53. The van der Waals surface area contributed by atoms with Gasteiger partial charge in [-0.3, -0.25) is 4.79 Å². The van der Waals surface area contributed by atoms with Gasteiger partial charge in [0.1, 0.15) is 4.99 Å². The van der Waals surface area contributed by atoms with Crippen LogP contribution in [-0.4, -0.2) is 48.8 Å². The molecule has 1 aliphatic heterocycles. The number of thiocarbonyl (C=S) groups is 1. The quantitative estimate of drug-likeness (QED) is 0.663. The summed E-state index contributed by atoms with van der Waals surface area (Å²) >= 11 is 5.41. The number of hydrogen-bond acceptors (Lipinski definition) is 6. The lowest BCUT2D eigenvalue weighted by atomic mass is 9.97. The Balaban J connectivity index is 2.53. The van der Waals surface area contributed by atoms with Crippen molar-refractivity contribution in [1.82, 2.24) is 4.90 Å². The standard InChI is InChI=1S/C14H16N2O4S/c1-16-12(21)9-6-4-5-7-10(9)15-14(16,13(18)20-3)8-11(17)19-2/h4-7,15H,8H2,1-3H3. The normalized spacial score (nSPS) is 20.3. The van der Waals surface area contributed by atoms with E-state index in [4.69, 9.17) is 17.0 Å². The van der Waals surface area contributed by atoms with Crippen LogP contribution in [0.25, 0.3) is 0 Å². The molecule has 1 aliphatic rings. The minimum absolute atomic E-state index is 0.221. The van der Waals surface area contributed by atoms with Crippen molar-refractivity contribution in [1.29, 1.82) is 0 Å². The zero-order chi connectivity index (χ0) is 15.6. The first-order valence-electron chi connectivity index (χ1n) is 6.27. The molecule has 21 heavy (non-hydrogen) atoms. The number of benzene rings is 1. The molecule has 0 amide bonds. The van der Waals surface area contributed by atoms with Gasteiger partial charge in [-0.2, -0.15) is 0 Å². The summed E-state index contributed by atoms with van der Waals surface area (Å²) in [5.41, 5.74) is 0.0575. The van der Waals surface area contributed by atoms with Crippen LogP contribution < -0.4 is 5.32 Å². The molecule has 2 rings (SSSR count). The van der Waals surface area contributed by atoms with Crippen LogP contribution in [0, 0.1) is 0 Å². The van der Waals surface area contributed by atoms with Crippen LogP contribution in [0.15, 0.2) is 24.3 Å². The van der Waals surface area contributed by atoms with Gasteiger partial charge < -0.3 is 19.7 Å². The fourth-order valence-electron chi connectivity index (χ4n) is 2.31. The molecule has 6 nitrogen and oxygen atoms in total. The molecular formula is C14H16N2O4S. The summed E-state index contributed by atoms with van der Waals surface area (Å²) in [5, 5.41) is 3.07. The maximum Gasteiger partial charge on any atom is 0.353 e. The average molecular weight is 308 g/mol. The van der Waals surface area contributed by atoms with Gasteiger partial charge in [-0.15, -0.1) is 0 Å². The van der Waals surface area contributed by atoms with Crippen LogP contribution in [-0.2, 0) is 19.1 Å². The Bertz CT molecular complexity index is 604. The topological polar surface area (TPSA) is 67.9 Å². The van der Waals surface area contributed by atoms with E-state index in [2.05, 4.69) is 10.1 Å². The van der Waals surface area contributed by atoms with Crippen molar-refractivity contribution < 1.29 is 19.1 Å². The summed E-state index contributed by atoms with van der Waals surface area (Å²) in [6.45, 7) is 0. The molecule has 0 saturated heterocycles. The second-order valence-electron chi connectivity index (χ2n) is 4.64. The molecule has 0 aliphatic carbocycles. The average Bonchev–Trinajstić information content (AvgIpc) is 2.51. The molecule has 1 aromatic rings. The number of para-hydroxylation sites is 1. The number of carbonyl (C=O) groups is 2. The van der Waals surface area contributed by atoms with Gasteiger partial charge in [0.15, 0.2) is 0 Å². The number of ether oxygens (including phenoxy) is 2. The second-order valence-corrected chi connectivity index (χ2v) is 5.03.